The van der Waals surface area contributed by atoms with Crippen LogP contribution in [0.5, 0.6) is 0 Å². The number of hydrogen-bond donors (Lipinski definition) is 3. The van der Waals surface area contributed by atoms with E-state index < -0.39 is 5.97 Å². The van der Waals surface area contributed by atoms with Crippen LogP contribution in [0.15, 0.2) is 0 Å². The summed E-state index contributed by atoms with van der Waals surface area (Å²) in [5, 5.41) is 14.1. The van der Waals surface area contributed by atoms with Crippen LogP contribution < -0.4 is 10.6 Å². The van der Waals surface area contributed by atoms with Crippen molar-refractivity contribution in [2.45, 2.75) is 45.1 Å². The van der Waals surface area contributed by atoms with E-state index in [9.17, 15) is 9.59 Å². The molecule has 0 radical (unpaired) electrons. The first kappa shape index (κ1) is 17.7. The van der Waals surface area contributed by atoms with Crippen molar-refractivity contribution in [2.75, 3.05) is 27.2 Å². The van der Waals surface area contributed by atoms with E-state index in [1.54, 1.807) is 0 Å². The summed E-state index contributed by atoms with van der Waals surface area (Å²) in [5.74, 6) is -0.794. The Balaban J connectivity index is 3.49. The molecule has 1 unspecified atom stereocenters. The number of nitrogens with zero attached hydrogens (tertiary/aromatic N) is 1. The maximum absolute atomic E-state index is 11.5. The van der Waals surface area contributed by atoms with E-state index in [0.29, 0.717) is 19.4 Å². The maximum atomic E-state index is 11.5. The van der Waals surface area contributed by atoms with Crippen LogP contribution in [0.4, 0.5) is 4.79 Å². The second-order valence-electron chi connectivity index (χ2n) is 5.10. The average molecular weight is 273 g/mol. The lowest BCUT2D eigenvalue weighted by molar-refractivity contribution is -0.137. The fourth-order valence-corrected chi connectivity index (χ4v) is 1.66. The molecular formula is C13H27N3O3. The summed E-state index contributed by atoms with van der Waals surface area (Å²) in [6.45, 7) is 3.57. The molecule has 112 valence electrons. The minimum absolute atomic E-state index is 0.00104. The Morgan fingerprint density at radius 1 is 1.21 bits per heavy atom. The molecular weight excluding hydrogens is 246 g/mol. The molecule has 0 aromatic carbocycles. The van der Waals surface area contributed by atoms with Gasteiger partial charge in [0.2, 0.25) is 0 Å². The Bertz CT molecular complexity index is 270. The fourth-order valence-electron chi connectivity index (χ4n) is 1.66. The first-order valence-electron chi connectivity index (χ1n) is 6.82. The largest absolute Gasteiger partial charge is 0.481 e. The van der Waals surface area contributed by atoms with Crippen LogP contribution in [0.1, 0.15) is 39.0 Å². The van der Waals surface area contributed by atoms with Crippen LogP contribution >= 0.6 is 0 Å². The molecule has 0 aliphatic carbocycles. The molecule has 0 aliphatic rings. The highest BCUT2D eigenvalue weighted by Gasteiger charge is 2.07. The number of carboxylic acids is 1. The van der Waals surface area contributed by atoms with Gasteiger partial charge in [-0.15, -0.1) is 0 Å². The predicted octanol–water partition coefficient (Wildman–Crippen LogP) is 1.27. The number of urea groups is 1. The number of carbonyl (C=O) groups is 2. The summed E-state index contributed by atoms with van der Waals surface area (Å²) >= 11 is 0. The summed E-state index contributed by atoms with van der Waals surface area (Å²) in [6.07, 6.45) is 3.43. The minimum atomic E-state index is -0.794. The highest BCUT2D eigenvalue weighted by atomic mass is 16.4. The highest BCUT2D eigenvalue weighted by Crippen LogP contribution is 2.00. The van der Waals surface area contributed by atoms with Crippen molar-refractivity contribution in [1.29, 1.82) is 0 Å². The van der Waals surface area contributed by atoms with Gasteiger partial charge in [0, 0.05) is 19.0 Å². The molecule has 0 aliphatic heterocycles. The van der Waals surface area contributed by atoms with Crippen LogP contribution in [-0.2, 0) is 4.79 Å². The number of carboxylic acid groups (broad SMARTS) is 1. The van der Waals surface area contributed by atoms with Crippen LogP contribution in [-0.4, -0.2) is 55.2 Å². The van der Waals surface area contributed by atoms with E-state index in [-0.39, 0.29) is 18.5 Å². The topological polar surface area (TPSA) is 81.7 Å². The van der Waals surface area contributed by atoms with Gasteiger partial charge in [-0.25, -0.2) is 4.79 Å². The molecule has 6 nitrogen and oxygen atoms in total. The molecule has 0 saturated heterocycles. The molecule has 2 amide bonds. The van der Waals surface area contributed by atoms with Crippen molar-refractivity contribution in [1.82, 2.24) is 15.5 Å². The number of carbonyl (C=O) groups excluding carboxylic acids is 1. The molecule has 19 heavy (non-hydrogen) atoms. The molecule has 6 heteroatoms. The molecule has 0 saturated carbocycles. The van der Waals surface area contributed by atoms with Crippen molar-refractivity contribution < 1.29 is 14.7 Å². The Morgan fingerprint density at radius 2 is 1.89 bits per heavy atom. The Morgan fingerprint density at radius 3 is 2.47 bits per heavy atom. The zero-order chi connectivity index (χ0) is 14.7. The van der Waals surface area contributed by atoms with Crippen molar-refractivity contribution in [3.05, 3.63) is 0 Å². The van der Waals surface area contributed by atoms with Gasteiger partial charge in [0.25, 0.3) is 0 Å². The van der Waals surface area contributed by atoms with Gasteiger partial charge < -0.3 is 20.6 Å². The number of aliphatic carboxylic acids is 1. The smallest absolute Gasteiger partial charge is 0.314 e. The number of rotatable bonds is 10. The summed E-state index contributed by atoms with van der Waals surface area (Å²) in [7, 11) is 4.05. The van der Waals surface area contributed by atoms with Crippen LogP contribution in [0.25, 0.3) is 0 Å². The SMILES string of the molecule is CC(CCCC(=O)O)NC(=O)NCCCCN(C)C. The van der Waals surface area contributed by atoms with Crippen LogP contribution in [0.2, 0.25) is 0 Å². The van der Waals surface area contributed by atoms with Gasteiger partial charge in [-0.2, -0.15) is 0 Å². The van der Waals surface area contributed by atoms with Gasteiger partial charge in [-0.05, 0) is 53.2 Å². The van der Waals surface area contributed by atoms with Crippen LogP contribution in [0.3, 0.4) is 0 Å². The Hall–Kier alpha value is -1.30. The summed E-state index contributed by atoms with van der Waals surface area (Å²) in [5.41, 5.74) is 0. The van der Waals surface area contributed by atoms with Gasteiger partial charge in [0.15, 0.2) is 0 Å². The zero-order valence-corrected chi connectivity index (χ0v) is 12.2. The normalized spacial score (nSPS) is 12.2. The summed E-state index contributed by atoms with van der Waals surface area (Å²) in [6, 6.07) is -0.172. The van der Waals surface area contributed by atoms with E-state index in [4.69, 9.17) is 5.11 Å². The van der Waals surface area contributed by atoms with Gasteiger partial charge in [-0.1, -0.05) is 0 Å². The third-order valence-corrected chi connectivity index (χ3v) is 2.72. The quantitative estimate of drug-likeness (QED) is 0.524. The monoisotopic (exact) mass is 273 g/mol. The number of hydrogen-bond acceptors (Lipinski definition) is 3. The van der Waals surface area contributed by atoms with E-state index in [1.165, 1.54) is 0 Å². The molecule has 0 rings (SSSR count). The molecule has 0 aromatic rings. The second kappa shape index (κ2) is 10.6. The molecule has 3 N–H and O–H groups in total. The lowest BCUT2D eigenvalue weighted by Crippen LogP contribution is -2.41. The van der Waals surface area contributed by atoms with Crippen molar-refractivity contribution in [2.24, 2.45) is 0 Å². The van der Waals surface area contributed by atoms with Crippen molar-refractivity contribution in [3.8, 4) is 0 Å². The molecule has 0 aromatic heterocycles. The standard InChI is InChI=1S/C13H27N3O3/c1-11(7-6-8-12(17)18)15-13(19)14-9-4-5-10-16(2)3/h11H,4-10H2,1-3H3,(H,17,18)(H2,14,15,19). The Labute approximate surface area is 115 Å². The molecule has 0 bridgehead atoms. The van der Waals surface area contributed by atoms with E-state index in [1.807, 2.05) is 21.0 Å². The van der Waals surface area contributed by atoms with Gasteiger partial charge in [0.05, 0.1) is 0 Å². The molecule has 0 heterocycles. The zero-order valence-electron chi connectivity index (χ0n) is 12.2. The van der Waals surface area contributed by atoms with Crippen LogP contribution in [0, 0.1) is 0 Å². The summed E-state index contributed by atoms with van der Waals surface area (Å²) < 4.78 is 0. The minimum Gasteiger partial charge on any atom is -0.481 e. The molecule has 0 fully saturated rings. The summed E-state index contributed by atoms with van der Waals surface area (Å²) in [4.78, 5) is 24.0. The van der Waals surface area contributed by atoms with Crippen molar-refractivity contribution in [3.63, 3.8) is 0 Å². The maximum Gasteiger partial charge on any atom is 0.314 e. The van der Waals surface area contributed by atoms with E-state index in [2.05, 4.69) is 15.5 Å². The third kappa shape index (κ3) is 12.9. The van der Waals surface area contributed by atoms with Crippen molar-refractivity contribution >= 4 is 12.0 Å². The number of amides is 2. The number of unbranched alkanes of at least 4 members (excludes halogenated alkanes) is 1. The number of nitrogens with one attached hydrogen (secondary N) is 2. The van der Waals surface area contributed by atoms with Gasteiger partial charge in [-0.3, -0.25) is 4.79 Å². The third-order valence-electron chi connectivity index (χ3n) is 2.72. The lowest BCUT2D eigenvalue weighted by atomic mass is 10.1. The second-order valence-corrected chi connectivity index (χ2v) is 5.10. The molecule has 1 atom stereocenters. The van der Waals surface area contributed by atoms with Gasteiger partial charge in [0.1, 0.15) is 0 Å². The fraction of sp³-hybridized carbons (Fsp3) is 0.846. The first-order chi connectivity index (χ1) is 8.91. The molecule has 0 spiro atoms. The predicted molar refractivity (Wildman–Crippen MR) is 75.3 cm³/mol. The van der Waals surface area contributed by atoms with Gasteiger partial charge >= 0.3 is 12.0 Å². The lowest BCUT2D eigenvalue weighted by Gasteiger charge is -2.14. The van der Waals surface area contributed by atoms with E-state index >= 15 is 0 Å². The average Bonchev–Trinajstić information content (AvgIpc) is 2.27. The Kier molecular flexibility index (Phi) is 9.88. The first-order valence-corrected chi connectivity index (χ1v) is 6.82. The van der Waals surface area contributed by atoms with E-state index in [0.717, 1.165) is 19.4 Å². The highest BCUT2D eigenvalue weighted by molar-refractivity contribution is 5.74.